The van der Waals surface area contributed by atoms with Gasteiger partial charge in [0, 0.05) is 5.56 Å². The predicted molar refractivity (Wildman–Crippen MR) is 73.9 cm³/mol. The zero-order valence-corrected chi connectivity index (χ0v) is 10.9. The maximum Gasteiger partial charge on any atom is 0.161 e. The van der Waals surface area contributed by atoms with Crippen LogP contribution in [0, 0.1) is 0 Å². The Morgan fingerprint density at radius 3 is 2.74 bits per heavy atom. The van der Waals surface area contributed by atoms with Crippen molar-refractivity contribution >= 4 is 28.4 Å². The highest BCUT2D eigenvalue weighted by molar-refractivity contribution is 6.34. The summed E-state index contributed by atoms with van der Waals surface area (Å²) in [5.41, 5.74) is 3.00. The van der Waals surface area contributed by atoms with Gasteiger partial charge in [-0.05, 0) is 37.3 Å². The first-order valence-electron chi connectivity index (χ1n) is 5.78. The van der Waals surface area contributed by atoms with Crippen LogP contribution < -0.4 is 0 Å². The van der Waals surface area contributed by atoms with Crippen molar-refractivity contribution in [3.63, 3.8) is 0 Å². The summed E-state index contributed by atoms with van der Waals surface area (Å²) in [5.74, 6) is -0.0556. The van der Waals surface area contributed by atoms with Gasteiger partial charge in [-0.1, -0.05) is 28.9 Å². The number of benzene rings is 2. The molecular weight excluding hydrogens is 262 g/mol. The molecule has 0 aliphatic carbocycles. The van der Waals surface area contributed by atoms with E-state index in [9.17, 15) is 4.79 Å². The number of carbonyl (C=O) groups is 1. The molecule has 0 bridgehead atoms. The van der Waals surface area contributed by atoms with E-state index in [0.717, 1.165) is 16.7 Å². The first-order valence-corrected chi connectivity index (χ1v) is 6.16. The normalized spacial score (nSPS) is 10.8. The summed E-state index contributed by atoms with van der Waals surface area (Å²) in [4.78, 5) is 11.4. The molecule has 19 heavy (non-hydrogen) atoms. The van der Waals surface area contributed by atoms with E-state index >= 15 is 0 Å². The summed E-state index contributed by atoms with van der Waals surface area (Å²) in [5, 5.41) is 8.61. The van der Waals surface area contributed by atoms with E-state index in [0.29, 0.717) is 10.6 Å². The maximum atomic E-state index is 11.4. The lowest BCUT2D eigenvalue weighted by molar-refractivity contribution is 0.101. The number of carbonyl (C=O) groups excluding carboxylic acids is 1. The number of hydrogen-bond donors (Lipinski definition) is 0. The Morgan fingerprint density at radius 1 is 1.21 bits per heavy atom. The van der Waals surface area contributed by atoms with Crippen molar-refractivity contribution in [2.75, 3.05) is 0 Å². The molecule has 1 heterocycles. The fraction of sp³-hybridized carbons (Fsp3) is 0.0714. The average molecular weight is 272 g/mol. The van der Waals surface area contributed by atoms with Crippen LogP contribution in [0.3, 0.4) is 0 Å². The highest BCUT2D eigenvalue weighted by Gasteiger charge is 2.10. The van der Waals surface area contributed by atoms with Gasteiger partial charge in [-0.2, -0.15) is 0 Å². The Hall–Kier alpha value is -2.20. The molecule has 0 aliphatic rings. The van der Waals surface area contributed by atoms with E-state index in [1.165, 1.54) is 6.92 Å². The van der Waals surface area contributed by atoms with Crippen LogP contribution in [0.5, 0.6) is 0 Å². The molecule has 5 heteroatoms. The van der Waals surface area contributed by atoms with Crippen molar-refractivity contribution in [3.05, 3.63) is 53.1 Å². The van der Waals surface area contributed by atoms with E-state index in [2.05, 4.69) is 10.3 Å². The zero-order valence-electron chi connectivity index (χ0n) is 10.2. The largest absolute Gasteiger partial charge is 0.294 e. The molecule has 3 aromatic rings. The van der Waals surface area contributed by atoms with Crippen LogP contribution in [-0.2, 0) is 0 Å². The second-order valence-corrected chi connectivity index (χ2v) is 4.62. The number of halogens is 1. The van der Waals surface area contributed by atoms with E-state index < -0.39 is 0 Å². The lowest BCUT2D eigenvalue weighted by atomic mass is 10.1. The van der Waals surface area contributed by atoms with E-state index in [1.807, 2.05) is 30.3 Å². The number of hydrogen-bond acceptors (Lipinski definition) is 3. The lowest BCUT2D eigenvalue weighted by Crippen LogP contribution is -1.99. The molecule has 0 atom stereocenters. The van der Waals surface area contributed by atoms with Crippen LogP contribution >= 0.6 is 11.6 Å². The Morgan fingerprint density at radius 2 is 2.00 bits per heavy atom. The third-order valence-electron chi connectivity index (χ3n) is 2.93. The Labute approximate surface area is 114 Å². The molecule has 0 aliphatic heterocycles. The van der Waals surface area contributed by atoms with Crippen molar-refractivity contribution in [1.29, 1.82) is 0 Å². The number of para-hydroxylation sites is 1. The van der Waals surface area contributed by atoms with Crippen molar-refractivity contribution in [3.8, 4) is 5.69 Å². The van der Waals surface area contributed by atoms with Crippen molar-refractivity contribution < 1.29 is 4.79 Å². The van der Waals surface area contributed by atoms with Gasteiger partial charge in [0.1, 0.15) is 5.52 Å². The van der Waals surface area contributed by atoms with Crippen LogP contribution in [0.15, 0.2) is 42.5 Å². The number of Topliss-reactive ketones (excluding diaryl/α,β-unsaturated/α-hetero) is 1. The quantitative estimate of drug-likeness (QED) is 0.672. The summed E-state index contributed by atoms with van der Waals surface area (Å²) < 4.78 is 1.70. The topological polar surface area (TPSA) is 47.8 Å². The van der Waals surface area contributed by atoms with E-state index in [1.54, 1.807) is 16.8 Å². The Bertz CT molecular complexity index is 779. The minimum absolute atomic E-state index is 0.0556. The molecule has 0 N–H and O–H groups in total. The molecule has 0 saturated heterocycles. The van der Waals surface area contributed by atoms with Crippen molar-refractivity contribution in [2.24, 2.45) is 0 Å². The third kappa shape index (κ3) is 2.00. The SMILES string of the molecule is CC(=O)c1ccc(-n2nnc3ccccc32)cc1Cl. The lowest BCUT2D eigenvalue weighted by Gasteiger charge is -2.05. The third-order valence-corrected chi connectivity index (χ3v) is 3.24. The summed E-state index contributed by atoms with van der Waals surface area (Å²) in [6.07, 6.45) is 0. The summed E-state index contributed by atoms with van der Waals surface area (Å²) >= 11 is 6.11. The summed E-state index contributed by atoms with van der Waals surface area (Å²) in [6, 6.07) is 12.9. The molecule has 0 unspecified atom stereocenters. The van der Waals surface area contributed by atoms with Gasteiger partial charge >= 0.3 is 0 Å². The highest BCUT2D eigenvalue weighted by atomic mass is 35.5. The number of nitrogens with zero attached hydrogens (tertiary/aromatic N) is 3. The highest BCUT2D eigenvalue weighted by Crippen LogP contribution is 2.22. The van der Waals surface area contributed by atoms with Gasteiger partial charge < -0.3 is 0 Å². The van der Waals surface area contributed by atoms with Crippen LogP contribution in [0.25, 0.3) is 16.7 Å². The predicted octanol–water partition coefficient (Wildman–Crippen LogP) is 3.28. The van der Waals surface area contributed by atoms with Gasteiger partial charge in [0.05, 0.1) is 16.2 Å². The van der Waals surface area contributed by atoms with Gasteiger partial charge in [0.25, 0.3) is 0 Å². The first kappa shape index (κ1) is 11.9. The molecule has 0 spiro atoms. The number of fused-ring (bicyclic) bond motifs is 1. The maximum absolute atomic E-state index is 11.4. The zero-order chi connectivity index (χ0) is 13.4. The smallest absolute Gasteiger partial charge is 0.161 e. The standard InChI is InChI=1S/C14H10ClN3O/c1-9(19)11-7-6-10(8-12(11)15)18-14-5-3-2-4-13(14)16-17-18/h2-8H,1H3. The molecule has 94 valence electrons. The van der Waals surface area contributed by atoms with Crippen LogP contribution in [0.4, 0.5) is 0 Å². The van der Waals surface area contributed by atoms with Gasteiger partial charge in [-0.3, -0.25) is 4.79 Å². The number of rotatable bonds is 2. The molecule has 1 aromatic heterocycles. The van der Waals surface area contributed by atoms with E-state index in [-0.39, 0.29) is 5.78 Å². The van der Waals surface area contributed by atoms with Gasteiger partial charge in [-0.25, -0.2) is 4.68 Å². The molecule has 0 radical (unpaired) electrons. The Balaban J connectivity index is 2.17. The van der Waals surface area contributed by atoms with Gasteiger partial charge in [-0.15, -0.1) is 5.10 Å². The number of aromatic nitrogens is 3. The Kier molecular flexibility index (Phi) is 2.80. The van der Waals surface area contributed by atoms with Gasteiger partial charge in [0.2, 0.25) is 0 Å². The molecule has 2 aromatic carbocycles. The van der Waals surface area contributed by atoms with Gasteiger partial charge in [0.15, 0.2) is 5.78 Å². The summed E-state index contributed by atoms with van der Waals surface area (Å²) in [6.45, 7) is 1.49. The van der Waals surface area contributed by atoms with Crippen molar-refractivity contribution in [1.82, 2.24) is 15.0 Å². The first-order chi connectivity index (χ1) is 9.16. The molecule has 4 nitrogen and oxygen atoms in total. The minimum Gasteiger partial charge on any atom is -0.294 e. The molecule has 0 amide bonds. The molecular formula is C14H10ClN3O. The van der Waals surface area contributed by atoms with E-state index in [4.69, 9.17) is 11.6 Å². The van der Waals surface area contributed by atoms with Crippen molar-refractivity contribution in [2.45, 2.75) is 6.92 Å². The van der Waals surface area contributed by atoms with Crippen LogP contribution in [0.1, 0.15) is 17.3 Å². The average Bonchev–Trinajstić information content (AvgIpc) is 2.82. The second-order valence-electron chi connectivity index (χ2n) is 4.21. The minimum atomic E-state index is -0.0556. The fourth-order valence-electron chi connectivity index (χ4n) is 1.98. The fourth-order valence-corrected chi connectivity index (χ4v) is 2.29. The second kappa shape index (κ2) is 4.48. The molecule has 0 fully saturated rings. The molecule has 0 saturated carbocycles. The summed E-state index contributed by atoms with van der Waals surface area (Å²) in [7, 11) is 0. The molecule has 3 rings (SSSR count). The van der Waals surface area contributed by atoms with Crippen LogP contribution in [-0.4, -0.2) is 20.8 Å². The monoisotopic (exact) mass is 271 g/mol. The van der Waals surface area contributed by atoms with Crippen LogP contribution in [0.2, 0.25) is 5.02 Å². The number of ketones is 1.